The van der Waals surface area contributed by atoms with E-state index in [1.54, 1.807) is 0 Å². The Balaban J connectivity index is 1.76. The minimum absolute atomic E-state index is 0.237. The summed E-state index contributed by atoms with van der Waals surface area (Å²) >= 11 is 0. The van der Waals surface area contributed by atoms with Crippen LogP contribution < -0.4 is 5.32 Å². The summed E-state index contributed by atoms with van der Waals surface area (Å²) in [6, 6.07) is 18.5. The molecule has 0 spiro atoms. The molecule has 0 radical (unpaired) electrons. The lowest BCUT2D eigenvalue weighted by Gasteiger charge is -2.36. The molecule has 0 aliphatic heterocycles. The van der Waals surface area contributed by atoms with Crippen molar-refractivity contribution in [3.63, 3.8) is 0 Å². The highest BCUT2D eigenvalue weighted by molar-refractivity contribution is 6.23. The van der Waals surface area contributed by atoms with Crippen LogP contribution in [0, 0.1) is 0 Å². The standard InChI is InChI=1S/C27H27NO6/c1-16(29)26(32)27(14-33-17(2)30,15-34-18(3)31)28-13-22-10-9-21-8-7-19-5-4-6-20-11-12-23(22)25(21)24(19)20/h4-12,26,28,32H,13-15H2,1-3H3. The number of carbonyl (C=O) groups is 3. The number of ketones is 1. The van der Waals surface area contributed by atoms with Gasteiger partial charge < -0.3 is 14.6 Å². The van der Waals surface area contributed by atoms with Gasteiger partial charge in [-0.3, -0.25) is 19.7 Å². The van der Waals surface area contributed by atoms with E-state index >= 15 is 0 Å². The lowest BCUT2D eigenvalue weighted by Crippen LogP contribution is -2.63. The molecule has 4 aromatic carbocycles. The summed E-state index contributed by atoms with van der Waals surface area (Å²) in [6.45, 7) is 3.25. The Kier molecular flexibility index (Phi) is 6.50. The maximum absolute atomic E-state index is 12.2. The second kappa shape index (κ2) is 9.37. The molecule has 0 aliphatic rings. The largest absolute Gasteiger partial charge is 0.464 e. The van der Waals surface area contributed by atoms with Crippen LogP contribution in [0.1, 0.15) is 26.3 Å². The quantitative estimate of drug-likeness (QED) is 0.291. The van der Waals surface area contributed by atoms with Gasteiger partial charge in [0, 0.05) is 20.4 Å². The molecule has 0 fully saturated rings. The predicted octanol–water partition coefficient (Wildman–Crippen LogP) is 3.49. The highest BCUT2D eigenvalue weighted by Crippen LogP contribution is 2.36. The van der Waals surface area contributed by atoms with E-state index in [0.29, 0.717) is 0 Å². The second-order valence-electron chi connectivity index (χ2n) is 8.66. The van der Waals surface area contributed by atoms with Crippen LogP contribution in [-0.2, 0) is 30.4 Å². The van der Waals surface area contributed by atoms with Gasteiger partial charge in [-0.15, -0.1) is 0 Å². The molecule has 0 bridgehead atoms. The molecule has 0 saturated carbocycles. The normalized spacial score (nSPS) is 12.8. The molecular formula is C27H27NO6. The van der Waals surface area contributed by atoms with E-state index in [2.05, 4.69) is 41.7 Å². The Bertz CT molecular complexity index is 1340. The average Bonchev–Trinajstić information content (AvgIpc) is 2.82. The van der Waals surface area contributed by atoms with Crippen molar-refractivity contribution in [2.45, 2.75) is 39.0 Å². The number of aliphatic hydroxyl groups is 1. The van der Waals surface area contributed by atoms with Crippen LogP contribution in [0.3, 0.4) is 0 Å². The number of hydrogen-bond acceptors (Lipinski definition) is 7. The van der Waals surface area contributed by atoms with Crippen LogP contribution in [0.5, 0.6) is 0 Å². The highest BCUT2D eigenvalue weighted by atomic mass is 16.5. The van der Waals surface area contributed by atoms with Crippen molar-refractivity contribution in [2.75, 3.05) is 13.2 Å². The fourth-order valence-electron chi connectivity index (χ4n) is 4.47. The SMILES string of the molecule is CC(=O)OCC(COC(C)=O)(NCc1ccc2ccc3cccc4ccc1c2c34)C(O)C(C)=O. The van der Waals surface area contributed by atoms with E-state index in [9.17, 15) is 19.5 Å². The summed E-state index contributed by atoms with van der Waals surface area (Å²) in [5.74, 6) is -1.69. The van der Waals surface area contributed by atoms with Gasteiger partial charge in [0.25, 0.3) is 0 Å². The lowest BCUT2D eigenvalue weighted by molar-refractivity contribution is -0.156. The van der Waals surface area contributed by atoms with Crippen molar-refractivity contribution in [3.8, 4) is 0 Å². The van der Waals surface area contributed by atoms with Gasteiger partial charge in [-0.05, 0) is 44.8 Å². The van der Waals surface area contributed by atoms with Gasteiger partial charge in [-0.1, -0.05) is 54.6 Å². The van der Waals surface area contributed by atoms with E-state index in [1.165, 1.54) is 26.2 Å². The summed E-state index contributed by atoms with van der Waals surface area (Å²) in [7, 11) is 0. The third-order valence-corrected chi connectivity index (χ3v) is 6.22. The third-order valence-electron chi connectivity index (χ3n) is 6.22. The number of aliphatic hydroxyl groups excluding tert-OH is 1. The van der Waals surface area contributed by atoms with E-state index in [4.69, 9.17) is 9.47 Å². The Morgan fingerprint density at radius 3 is 1.91 bits per heavy atom. The van der Waals surface area contributed by atoms with E-state index in [1.807, 2.05) is 18.2 Å². The summed E-state index contributed by atoms with van der Waals surface area (Å²) in [4.78, 5) is 35.2. The zero-order valence-corrected chi connectivity index (χ0v) is 19.4. The molecule has 7 nitrogen and oxygen atoms in total. The molecule has 0 aliphatic carbocycles. The van der Waals surface area contributed by atoms with Crippen LogP contribution in [0.15, 0.2) is 54.6 Å². The van der Waals surface area contributed by atoms with Crippen LogP contribution in [-0.4, -0.2) is 47.7 Å². The Labute approximate surface area is 197 Å². The van der Waals surface area contributed by atoms with Crippen molar-refractivity contribution < 1.29 is 29.0 Å². The van der Waals surface area contributed by atoms with Gasteiger partial charge in [-0.2, -0.15) is 0 Å². The zero-order valence-electron chi connectivity index (χ0n) is 19.4. The van der Waals surface area contributed by atoms with Crippen molar-refractivity contribution in [3.05, 3.63) is 60.2 Å². The number of ether oxygens (including phenoxy) is 2. The summed E-state index contributed by atoms with van der Waals surface area (Å²) < 4.78 is 10.3. The van der Waals surface area contributed by atoms with Gasteiger partial charge in [0.2, 0.25) is 0 Å². The third kappa shape index (κ3) is 4.44. The minimum Gasteiger partial charge on any atom is -0.464 e. The molecule has 176 valence electrons. The fourth-order valence-corrected chi connectivity index (χ4v) is 4.47. The van der Waals surface area contributed by atoms with Gasteiger partial charge in [-0.25, -0.2) is 0 Å². The predicted molar refractivity (Wildman–Crippen MR) is 130 cm³/mol. The van der Waals surface area contributed by atoms with Gasteiger partial charge in [0.1, 0.15) is 24.9 Å². The molecule has 0 saturated heterocycles. The van der Waals surface area contributed by atoms with Crippen molar-refractivity contribution in [1.82, 2.24) is 5.32 Å². The van der Waals surface area contributed by atoms with E-state index in [0.717, 1.165) is 32.5 Å². The highest BCUT2D eigenvalue weighted by Gasteiger charge is 2.43. The van der Waals surface area contributed by atoms with Crippen LogP contribution >= 0.6 is 0 Å². The molecule has 0 heterocycles. The van der Waals surface area contributed by atoms with Gasteiger partial charge >= 0.3 is 11.9 Å². The van der Waals surface area contributed by atoms with Gasteiger partial charge in [0.05, 0.1) is 0 Å². The maximum atomic E-state index is 12.2. The molecule has 4 aromatic rings. The first kappa shape index (κ1) is 23.6. The summed E-state index contributed by atoms with van der Waals surface area (Å²) in [5.41, 5.74) is -0.579. The first-order chi connectivity index (χ1) is 16.2. The van der Waals surface area contributed by atoms with E-state index in [-0.39, 0.29) is 19.8 Å². The lowest BCUT2D eigenvalue weighted by atomic mass is 9.89. The first-order valence-electron chi connectivity index (χ1n) is 11.1. The second-order valence-corrected chi connectivity index (χ2v) is 8.66. The molecule has 1 atom stereocenters. The molecule has 0 aromatic heterocycles. The smallest absolute Gasteiger partial charge is 0.302 e. The number of hydrogen-bond donors (Lipinski definition) is 2. The van der Waals surface area contributed by atoms with Crippen molar-refractivity contribution >= 4 is 50.0 Å². The average molecular weight is 462 g/mol. The molecular weight excluding hydrogens is 434 g/mol. The number of benzene rings is 4. The number of esters is 2. The first-order valence-corrected chi connectivity index (χ1v) is 11.1. The zero-order chi connectivity index (χ0) is 24.5. The van der Waals surface area contributed by atoms with Crippen molar-refractivity contribution in [1.29, 1.82) is 0 Å². The van der Waals surface area contributed by atoms with Gasteiger partial charge in [0.15, 0.2) is 5.78 Å². The minimum atomic E-state index is -1.56. The fraction of sp³-hybridized carbons (Fsp3) is 0.296. The number of Topliss-reactive ketones (excluding diaryl/α,β-unsaturated/α-hetero) is 1. The molecule has 1 unspecified atom stereocenters. The number of carbonyl (C=O) groups excluding carboxylic acids is 3. The number of nitrogens with one attached hydrogen (secondary N) is 1. The molecule has 0 amide bonds. The molecule has 34 heavy (non-hydrogen) atoms. The molecule has 2 N–H and O–H groups in total. The van der Waals surface area contributed by atoms with Crippen LogP contribution in [0.25, 0.3) is 32.3 Å². The Morgan fingerprint density at radius 2 is 1.35 bits per heavy atom. The van der Waals surface area contributed by atoms with Crippen molar-refractivity contribution in [2.24, 2.45) is 0 Å². The monoisotopic (exact) mass is 461 g/mol. The van der Waals surface area contributed by atoms with Crippen LogP contribution in [0.2, 0.25) is 0 Å². The van der Waals surface area contributed by atoms with Crippen LogP contribution in [0.4, 0.5) is 0 Å². The Hall–Kier alpha value is -3.55. The summed E-state index contributed by atoms with van der Waals surface area (Å²) in [6.07, 6.45) is -1.56. The van der Waals surface area contributed by atoms with E-state index < -0.39 is 29.4 Å². The topological polar surface area (TPSA) is 102 Å². The summed E-state index contributed by atoms with van der Waals surface area (Å²) in [5, 5.41) is 20.7. The Morgan fingerprint density at radius 1 is 0.824 bits per heavy atom. The molecule has 4 rings (SSSR count). The molecule has 7 heteroatoms. The maximum Gasteiger partial charge on any atom is 0.302 e. The number of rotatable bonds is 9.